The molecular weight excluding hydrogens is 224 g/mol. The predicted octanol–water partition coefficient (Wildman–Crippen LogP) is 1.74. The Kier molecular flexibility index (Phi) is 2.88. The topological polar surface area (TPSA) is 41.1 Å². The molecule has 2 aromatic rings. The second kappa shape index (κ2) is 4.53. The molecule has 1 saturated heterocycles. The summed E-state index contributed by atoms with van der Waals surface area (Å²) in [6.45, 7) is 7.25. The van der Waals surface area contributed by atoms with Crippen LogP contribution in [0.2, 0.25) is 0 Å². The number of hydrogen-bond donors (Lipinski definition) is 1. The van der Waals surface area contributed by atoms with Crippen molar-refractivity contribution in [3.63, 3.8) is 0 Å². The number of benzene rings is 1. The van der Waals surface area contributed by atoms with Gasteiger partial charge in [0, 0.05) is 25.7 Å². The monoisotopic (exact) mass is 242 g/mol. The Morgan fingerprint density at radius 1 is 1.22 bits per heavy atom. The molecule has 1 atom stereocenters. The van der Waals surface area contributed by atoms with Crippen molar-refractivity contribution in [3.05, 3.63) is 30.0 Å². The molecule has 0 unspecified atom stereocenters. The Hall–Kier alpha value is -1.68. The van der Waals surface area contributed by atoms with E-state index in [2.05, 4.69) is 22.1 Å². The fourth-order valence-electron chi connectivity index (χ4n) is 2.50. The van der Waals surface area contributed by atoms with Gasteiger partial charge in [-0.05, 0) is 26.0 Å². The van der Waals surface area contributed by atoms with Crippen LogP contribution in [0, 0.1) is 6.92 Å². The van der Waals surface area contributed by atoms with Gasteiger partial charge in [0.2, 0.25) is 0 Å². The highest BCUT2D eigenvalue weighted by Gasteiger charge is 2.19. The van der Waals surface area contributed by atoms with Crippen LogP contribution in [0.25, 0.3) is 11.0 Å². The lowest BCUT2D eigenvalue weighted by Crippen LogP contribution is -2.49. The summed E-state index contributed by atoms with van der Waals surface area (Å²) in [5.74, 6) is 1.03. The molecule has 0 radical (unpaired) electrons. The van der Waals surface area contributed by atoms with Crippen molar-refractivity contribution < 1.29 is 0 Å². The largest absolute Gasteiger partial charge is 0.352 e. The minimum absolute atomic E-state index is 0.506. The number of fused-ring (bicyclic) bond motifs is 1. The zero-order chi connectivity index (χ0) is 12.5. The van der Waals surface area contributed by atoms with E-state index >= 15 is 0 Å². The molecule has 0 amide bonds. The number of piperazine rings is 1. The van der Waals surface area contributed by atoms with E-state index in [1.807, 2.05) is 31.2 Å². The fraction of sp³-hybridized carbons (Fsp3) is 0.429. The van der Waals surface area contributed by atoms with Crippen molar-refractivity contribution >= 4 is 16.9 Å². The van der Waals surface area contributed by atoms with Crippen molar-refractivity contribution in [3.8, 4) is 0 Å². The number of rotatable bonds is 1. The minimum Gasteiger partial charge on any atom is -0.352 e. The van der Waals surface area contributed by atoms with E-state index in [1.54, 1.807) is 0 Å². The van der Waals surface area contributed by atoms with Crippen molar-refractivity contribution in [1.29, 1.82) is 0 Å². The van der Waals surface area contributed by atoms with Gasteiger partial charge in [-0.1, -0.05) is 12.1 Å². The molecule has 4 heteroatoms. The van der Waals surface area contributed by atoms with Crippen LogP contribution in [0.5, 0.6) is 0 Å². The number of anilines is 1. The zero-order valence-corrected chi connectivity index (χ0v) is 10.8. The number of aromatic nitrogens is 2. The lowest BCUT2D eigenvalue weighted by molar-refractivity contribution is 0.481. The minimum atomic E-state index is 0.506. The van der Waals surface area contributed by atoms with Crippen LogP contribution in [0.1, 0.15) is 12.6 Å². The van der Waals surface area contributed by atoms with Gasteiger partial charge in [-0.15, -0.1) is 0 Å². The third kappa shape index (κ3) is 2.04. The molecule has 0 spiro atoms. The number of nitrogens with one attached hydrogen (secondary N) is 1. The molecule has 1 fully saturated rings. The maximum Gasteiger partial charge on any atom is 0.150 e. The van der Waals surface area contributed by atoms with Crippen LogP contribution in [-0.2, 0) is 0 Å². The summed E-state index contributed by atoms with van der Waals surface area (Å²) in [5, 5.41) is 3.45. The molecule has 4 nitrogen and oxygen atoms in total. The van der Waals surface area contributed by atoms with Gasteiger partial charge in [-0.2, -0.15) is 0 Å². The van der Waals surface area contributed by atoms with Crippen molar-refractivity contribution in [2.75, 3.05) is 24.5 Å². The van der Waals surface area contributed by atoms with E-state index < -0.39 is 0 Å². The van der Waals surface area contributed by atoms with Crippen molar-refractivity contribution in [2.45, 2.75) is 19.9 Å². The second-order valence-electron chi connectivity index (χ2n) is 4.92. The summed E-state index contributed by atoms with van der Waals surface area (Å²) < 4.78 is 0. The van der Waals surface area contributed by atoms with Gasteiger partial charge < -0.3 is 10.2 Å². The van der Waals surface area contributed by atoms with Gasteiger partial charge in [0.25, 0.3) is 0 Å². The summed E-state index contributed by atoms with van der Waals surface area (Å²) in [6.07, 6.45) is 0. The average molecular weight is 242 g/mol. The van der Waals surface area contributed by atoms with Crippen molar-refractivity contribution in [1.82, 2.24) is 15.3 Å². The first-order chi connectivity index (χ1) is 8.74. The van der Waals surface area contributed by atoms with Gasteiger partial charge in [0.15, 0.2) is 5.82 Å². The molecule has 0 bridgehead atoms. The lowest BCUT2D eigenvalue weighted by atomic mass is 10.2. The standard InChI is InChI=1S/C14H18N4/c1-10-9-18(8-7-15-10)14-11(2)16-12-5-3-4-6-13(12)17-14/h3-6,10,15H,7-9H2,1-2H3/t10-/m0/s1. The predicted molar refractivity (Wildman–Crippen MR) is 74.0 cm³/mol. The molecule has 1 aliphatic rings. The SMILES string of the molecule is Cc1nc2ccccc2nc1N1CCN[C@@H](C)C1. The summed E-state index contributed by atoms with van der Waals surface area (Å²) >= 11 is 0. The number of nitrogens with zero attached hydrogens (tertiary/aromatic N) is 3. The maximum atomic E-state index is 4.77. The van der Waals surface area contributed by atoms with E-state index in [0.717, 1.165) is 42.2 Å². The van der Waals surface area contributed by atoms with Crippen LogP contribution >= 0.6 is 0 Å². The summed E-state index contributed by atoms with van der Waals surface area (Å²) in [6, 6.07) is 8.56. The van der Waals surface area contributed by atoms with Crippen molar-refractivity contribution in [2.24, 2.45) is 0 Å². The van der Waals surface area contributed by atoms with E-state index in [9.17, 15) is 0 Å². The molecule has 1 aliphatic heterocycles. The van der Waals surface area contributed by atoms with E-state index in [4.69, 9.17) is 4.98 Å². The number of para-hydroxylation sites is 2. The highest BCUT2D eigenvalue weighted by molar-refractivity contribution is 5.76. The molecule has 0 saturated carbocycles. The summed E-state index contributed by atoms with van der Waals surface area (Å²) in [7, 11) is 0. The Bertz CT molecular complexity index is 567. The average Bonchev–Trinajstić information content (AvgIpc) is 2.38. The van der Waals surface area contributed by atoms with Crippen LogP contribution in [0.3, 0.4) is 0 Å². The maximum absolute atomic E-state index is 4.77. The number of hydrogen-bond acceptors (Lipinski definition) is 4. The second-order valence-corrected chi connectivity index (χ2v) is 4.92. The fourth-order valence-corrected chi connectivity index (χ4v) is 2.50. The van der Waals surface area contributed by atoms with Crippen LogP contribution in [0.15, 0.2) is 24.3 Å². The van der Waals surface area contributed by atoms with Crippen LogP contribution in [-0.4, -0.2) is 35.6 Å². The Balaban J connectivity index is 2.02. The normalized spacial score (nSPS) is 20.3. The van der Waals surface area contributed by atoms with Gasteiger partial charge in [-0.25, -0.2) is 9.97 Å². The first-order valence-corrected chi connectivity index (χ1v) is 6.46. The zero-order valence-electron chi connectivity index (χ0n) is 10.8. The van der Waals surface area contributed by atoms with Gasteiger partial charge in [0.05, 0.1) is 16.7 Å². The van der Waals surface area contributed by atoms with Gasteiger partial charge >= 0.3 is 0 Å². The van der Waals surface area contributed by atoms with Crippen LogP contribution < -0.4 is 10.2 Å². The van der Waals surface area contributed by atoms with Gasteiger partial charge in [-0.3, -0.25) is 0 Å². The molecule has 0 aliphatic carbocycles. The third-order valence-electron chi connectivity index (χ3n) is 3.39. The molecular formula is C14H18N4. The molecule has 1 aromatic carbocycles. The molecule has 1 N–H and O–H groups in total. The van der Waals surface area contributed by atoms with Crippen LogP contribution in [0.4, 0.5) is 5.82 Å². The highest BCUT2D eigenvalue weighted by atomic mass is 15.2. The smallest absolute Gasteiger partial charge is 0.150 e. The van der Waals surface area contributed by atoms with E-state index in [0.29, 0.717) is 6.04 Å². The molecule has 3 rings (SSSR count). The third-order valence-corrected chi connectivity index (χ3v) is 3.39. The van der Waals surface area contributed by atoms with E-state index in [1.165, 1.54) is 0 Å². The molecule has 94 valence electrons. The lowest BCUT2D eigenvalue weighted by Gasteiger charge is -2.33. The summed E-state index contributed by atoms with van der Waals surface area (Å²) in [5.41, 5.74) is 2.97. The quantitative estimate of drug-likeness (QED) is 0.827. The Morgan fingerprint density at radius 2 is 1.94 bits per heavy atom. The summed E-state index contributed by atoms with van der Waals surface area (Å²) in [4.78, 5) is 11.7. The Labute approximate surface area is 107 Å². The molecule has 18 heavy (non-hydrogen) atoms. The first-order valence-electron chi connectivity index (χ1n) is 6.46. The molecule has 2 heterocycles. The highest BCUT2D eigenvalue weighted by Crippen LogP contribution is 2.20. The number of aryl methyl sites for hydroxylation is 1. The molecule has 1 aromatic heterocycles. The first kappa shape index (κ1) is 11.4. The Morgan fingerprint density at radius 3 is 2.67 bits per heavy atom. The van der Waals surface area contributed by atoms with E-state index in [-0.39, 0.29) is 0 Å². The van der Waals surface area contributed by atoms with Gasteiger partial charge in [0.1, 0.15) is 0 Å².